The number of hydrogen-bond acceptors (Lipinski definition) is 3. The molecule has 0 saturated heterocycles. The van der Waals surface area contributed by atoms with Crippen molar-refractivity contribution in [1.29, 1.82) is 0 Å². The number of halogens is 1. The van der Waals surface area contributed by atoms with E-state index in [1.807, 2.05) is 0 Å². The minimum atomic E-state index is -3.22. The van der Waals surface area contributed by atoms with Crippen LogP contribution < -0.4 is 0 Å². The molecular formula is C7H6ClNO2S. The smallest absolute Gasteiger partial charge is 0.177 e. The lowest BCUT2D eigenvalue weighted by molar-refractivity contribution is 0.608. The van der Waals surface area contributed by atoms with Crippen molar-refractivity contribution in [1.82, 2.24) is 0 Å². The molecule has 12 heavy (non-hydrogen) atoms. The van der Waals surface area contributed by atoms with Gasteiger partial charge in [-0.3, -0.25) is 0 Å². The van der Waals surface area contributed by atoms with Crippen molar-refractivity contribution < 1.29 is 8.42 Å². The van der Waals surface area contributed by atoms with E-state index in [1.165, 1.54) is 18.4 Å². The van der Waals surface area contributed by atoms with Crippen molar-refractivity contribution in [2.75, 3.05) is 6.26 Å². The number of allylic oxidation sites excluding steroid dienone is 1. The maximum atomic E-state index is 11.0. The first-order chi connectivity index (χ1) is 5.50. The summed E-state index contributed by atoms with van der Waals surface area (Å²) in [5.74, 6) is 0. The van der Waals surface area contributed by atoms with Gasteiger partial charge >= 0.3 is 0 Å². The fourth-order valence-electron chi connectivity index (χ4n) is 0.595. The number of aliphatic imine (C=N–C) groups is 1. The quantitative estimate of drug-likeness (QED) is 0.602. The second-order valence-corrected chi connectivity index (χ2v) is 4.61. The van der Waals surface area contributed by atoms with Gasteiger partial charge in [0.1, 0.15) is 5.17 Å². The third-order valence-corrected chi connectivity index (χ3v) is 2.46. The zero-order valence-electron chi connectivity index (χ0n) is 6.28. The molecule has 1 aliphatic heterocycles. The molecule has 0 N–H and O–H groups in total. The summed E-state index contributed by atoms with van der Waals surface area (Å²) in [4.78, 5) is 3.77. The molecule has 1 rings (SSSR count). The Morgan fingerprint density at radius 3 is 2.75 bits per heavy atom. The second-order valence-electron chi connectivity index (χ2n) is 2.21. The largest absolute Gasteiger partial charge is 0.243 e. The fraction of sp³-hybridized carbons (Fsp3) is 0.143. The van der Waals surface area contributed by atoms with Crippen LogP contribution in [-0.4, -0.2) is 19.8 Å². The highest BCUT2D eigenvalue weighted by Gasteiger charge is 2.07. The van der Waals surface area contributed by atoms with Crippen molar-refractivity contribution in [3.63, 3.8) is 0 Å². The number of rotatable bonds is 1. The van der Waals surface area contributed by atoms with Gasteiger partial charge in [-0.15, -0.1) is 5.73 Å². The second kappa shape index (κ2) is 3.27. The zero-order chi connectivity index (χ0) is 9.19. The van der Waals surface area contributed by atoms with Crippen LogP contribution in [0.2, 0.25) is 0 Å². The van der Waals surface area contributed by atoms with Gasteiger partial charge in [0.2, 0.25) is 0 Å². The molecule has 0 aliphatic carbocycles. The maximum Gasteiger partial charge on any atom is 0.177 e. The summed E-state index contributed by atoms with van der Waals surface area (Å²) in [6.45, 7) is 0. The Morgan fingerprint density at radius 1 is 1.50 bits per heavy atom. The lowest BCUT2D eigenvalue weighted by atomic mass is 10.5. The highest BCUT2D eigenvalue weighted by Crippen LogP contribution is 2.08. The van der Waals surface area contributed by atoms with Crippen LogP contribution in [0.3, 0.4) is 0 Å². The van der Waals surface area contributed by atoms with Crippen molar-refractivity contribution in [3.05, 3.63) is 29.0 Å². The third kappa shape index (κ3) is 2.34. The molecule has 0 aromatic heterocycles. The number of hydrogen-bond donors (Lipinski definition) is 0. The van der Waals surface area contributed by atoms with E-state index >= 15 is 0 Å². The molecule has 0 spiro atoms. The van der Waals surface area contributed by atoms with E-state index < -0.39 is 9.84 Å². The first kappa shape index (κ1) is 9.26. The highest BCUT2D eigenvalue weighted by atomic mass is 35.5. The van der Waals surface area contributed by atoms with Gasteiger partial charge in [-0.05, 0) is 0 Å². The predicted molar refractivity (Wildman–Crippen MR) is 48.9 cm³/mol. The summed E-state index contributed by atoms with van der Waals surface area (Å²) >= 11 is 5.51. The van der Waals surface area contributed by atoms with Gasteiger partial charge in [-0.25, -0.2) is 13.4 Å². The van der Waals surface area contributed by atoms with Gasteiger partial charge < -0.3 is 0 Å². The Kier molecular flexibility index (Phi) is 2.52. The minimum absolute atomic E-state index is 0.106. The Hall–Kier alpha value is -0.830. The summed E-state index contributed by atoms with van der Waals surface area (Å²) in [7, 11) is -3.22. The third-order valence-electron chi connectivity index (χ3n) is 1.17. The molecule has 0 amide bonds. The van der Waals surface area contributed by atoms with Gasteiger partial charge in [0.05, 0.1) is 4.91 Å². The lowest BCUT2D eigenvalue weighted by Gasteiger charge is -1.92. The molecule has 0 bridgehead atoms. The maximum absolute atomic E-state index is 11.0. The van der Waals surface area contributed by atoms with E-state index in [-0.39, 0.29) is 10.1 Å². The summed E-state index contributed by atoms with van der Waals surface area (Å²) in [6.07, 6.45) is 5.03. The van der Waals surface area contributed by atoms with Gasteiger partial charge in [0.25, 0.3) is 0 Å². The molecule has 0 saturated carbocycles. The molecule has 1 aliphatic rings. The molecule has 64 valence electrons. The zero-order valence-corrected chi connectivity index (χ0v) is 7.85. The van der Waals surface area contributed by atoms with Crippen LogP contribution in [0.15, 0.2) is 34.0 Å². The molecular weight excluding hydrogens is 198 g/mol. The lowest BCUT2D eigenvalue weighted by Crippen LogP contribution is -1.97. The summed E-state index contributed by atoms with van der Waals surface area (Å²) in [5, 5.41) is 0.213. The van der Waals surface area contributed by atoms with Crippen molar-refractivity contribution in [2.45, 2.75) is 0 Å². The predicted octanol–water partition coefficient (Wildman–Crippen LogP) is 1.23. The topological polar surface area (TPSA) is 46.5 Å². The van der Waals surface area contributed by atoms with Crippen molar-refractivity contribution in [2.24, 2.45) is 4.99 Å². The average Bonchev–Trinajstić information content (AvgIpc) is 2.11. The van der Waals surface area contributed by atoms with E-state index in [4.69, 9.17) is 11.6 Å². The molecule has 0 unspecified atom stereocenters. The van der Waals surface area contributed by atoms with E-state index in [0.29, 0.717) is 0 Å². The Labute approximate surface area is 75.7 Å². The first-order valence-electron chi connectivity index (χ1n) is 3.06. The Bertz CT molecular complexity index is 411. The van der Waals surface area contributed by atoms with Crippen LogP contribution in [0.5, 0.6) is 0 Å². The monoisotopic (exact) mass is 203 g/mol. The summed E-state index contributed by atoms with van der Waals surface area (Å²) in [6, 6.07) is 0. The molecule has 1 heterocycles. The van der Waals surface area contributed by atoms with E-state index in [0.717, 1.165) is 6.26 Å². The SMILES string of the molecule is CS(=O)(=O)C1=CN=C(Cl)C=C=C1. The number of nitrogens with zero attached hydrogens (tertiary/aromatic N) is 1. The normalized spacial score (nSPS) is 16.8. The molecule has 0 fully saturated rings. The average molecular weight is 204 g/mol. The van der Waals surface area contributed by atoms with Crippen LogP contribution in [0.4, 0.5) is 0 Å². The van der Waals surface area contributed by atoms with Crippen LogP contribution in [0, 0.1) is 0 Å². The van der Waals surface area contributed by atoms with Crippen LogP contribution in [-0.2, 0) is 9.84 Å². The number of sulfone groups is 1. The van der Waals surface area contributed by atoms with Crippen LogP contribution >= 0.6 is 11.6 Å². The Balaban J connectivity index is 3.22. The summed E-state index contributed by atoms with van der Waals surface area (Å²) < 4.78 is 22.0. The summed E-state index contributed by atoms with van der Waals surface area (Å²) in [5.41, 5.74) is 2.59. The van der Waals surface area contributed by atoms with E-state index in [9.17, 15) is 8.42 Å². The van der Waals surface area contributed by atoms with Gasteiger partial charge in [0, 0.05) is 24.6 Å². The highest BCUT2D eigenvalue weighted by molar-refractivity contribution is 7.94. The van der Waals surface area contributed by atoms with Gasteiger partial charge in [-0.1, -0.05) is 11.6 Å². The molecule has 3 nitrogen and oxygen atoms in total. The molecule has 0 aromatic rings. The standard InChI is InChI=1S/C7H6ClNO2S/c1-12(10,11)6-3-2-4-7(8)9-5-6/h3-5H,1H3. The van der Waals surface area contributed by atoms with E-state index in [2.05, 4.69) is 10.7 Å². The molecule has 0 radical (unpaired) electrons. The fourth-order valence-corrected chi connectivity index (χ4v) is 1.23. The van der Waals surface area contributed by atoms with E-state index in [1.54, 1.807) is 0 Å². The Morgan fingerprint density at radius 2 is 2.17 bits per heavy atom. The van der Waals surface area contributed by atoms with Crippen molar-refractivity contribution in [3.8, 4) is 0 Å². The van der Waals surface area contributed by atoms with Gasteiger partial charge in [-0.2, -0.15) is 0 Å². The van der Waals surface area contributed by atoms with Gasteiger partial charge in [0.15, 0.2) is 9.84 Å². The first-order valence-corrected chi connectivity index (χ1v) is 5.33. The van der Waals surface area contributed by atoms with Crippen LogP contribution in [0.25, 0.3) is 0 Å². The molecule has 0 atom stereocenters. The van der Waals surface area contributed by atoms with Crippen LogP contribution in [0.1, 0.15) is 0 Å². The molecule has 0 aromatic carbocycles. The minimum Gasteiger partial charge on any atom is -0.243 e. The van der Waals surface area contributed by atoms with Crippen molar-refractivity contribution >= 4 is 26.6 Å². The molecule has 5 heteroatoms.